The maximum absolute atomic E-state index is 11.4. The lowest BCUT2D eigenvalue weighted by Gasteiger charge is -2.35. The minimum Gasteiger partial charge on any atom is -0.341 e. The van der Waals surface area contributed by atoms with E-state index in [1.807, 2.05) is 11.9 Å². The lowest BCUT2D eigenvalue weighted by molar-refractivity contribution is 0.139. The van der Waals surface area contributed by atoms with E-state index >= 15 is 0 Å². The Morgan fingerprint density at radius 1 is 1.50 bits per heavy atom. The summed E-state index contributed by atoms with van der Waals surface area (Å²) in [4.78, 5) is 15.6. The molecule has 2 amide bonds. The molecule has 4 nitrogen and oxygen atoms in total. The van der Waals surface area contributed by atoms with Crippen molar-refractivity contribution in [2.75, 3.05) is 33.7 Å². The first-order chi connectivity index (χ1) is 6.69. The molecule has 0 atom stereocenters. The first-order valence-corrected chi connectivity index (χ1v) is 5.36. The van der Waals surface area contributed by atoms with Gasteiger partial charge in [0.05, 0.1) is 0 Å². The van der Waals surface area contributed by atoms with E-state index in [0.29, 0.717) is 6.04 Å². The van der Waals surface area contributed by atoms with Gasteiger partial charge in [0.25, 0.3) is 0 Å². The van der Waals surface area contributed by atoms with Gasteiger partial charge in [0.15, 0.2) is 0 Å². The fourth-order valence-corrected chi connectivity index (χ4v) is 1.97. The smallest absolute Gasteiger partial charge is 0.317 e. The number of piperidine rings is 1. The van der Waals surface area contributed by atoms with Crippen LogP contribution in [0.5, 0.6) is 0 Å². The van der Waals surface area contributed by atoms with Crippen LogP contribution in [0.15, 0.2) is 0 Å². The molecule has 0 radical (unpaired) electrons. The summed E-state index contributed by atoms with van der Waals surface area (Å²) in [5.41, 5.74) is 0. The molecule has 1 rings (SSSR count). The van der Waals surface area contributed by atoms with Crippen LogP contribution in [0.1, 0.15) is 19.8 Å². The van der Waals surface area contributed by atoms with E-state index in [0.717, 1.165) is 32.5 Å². The van der Waals surface area contributed by atoms with Crippen LogP contribution < -0.4 is 5.32 Å². The van der Waals surface area contributed by atoms with Crippen molar-refractivity contribution < 1.29 is 4.79 Å². The zero-order valence-electron chi connectivity index (χ0n) is 9.42. The average Bonchev–Trinajstić information content (AvgIpc) is 2.27. The number of hydrogen-bond acceptors (Lipinski definition) is 2. The summed E-state index contributed by atoms with van der Waals surface area (Å²) in [6.45, 7) is 5.53. The van der Waals surface area contributed by atoms with Crippen molar-refractivity contribution in [2.45, 2.75) is 25.8 Å². The van der Waals surface area contributed by atoms with Gasteiger partial charge in [0.2, 0.25) is 0 Å². The molecule has 1 saturated heterocycles. The van der Waals surface area contributed by atoms with E-state index in [-0.39, 0.29) is 6.03 Å². The van der Waals surface area contributed by atoms with E-state index < -0.39 is 0 Å². The Kier molecular flexibility index (Phi) is 4.20. The van der Waals surface area contributed by atoms with Crippen LogP contribution in [0.25, 0.3) is 0 Å². The van der Waals surface area contributed by atoms with Crippen molar-refractivity contribution in [1.29, 1.82) is 0 Å². The van der Waals surface area contributed by atoms with Gasteiger partial charge in [-0.1, -0.05) is 6.92 Å². The van der Waals surface area contributed by atoms with Gasteiger partial charge in [-0.05, 0) is 19.4 Å². The van der Waals surface area contributed by atoms with Gasteiger partial charge in [-0.25, -0.2) is 4.79 Å². The Morgan fingerprint density at radius 2 is 2.07 bits per heavy atom. The maximum atomic E-state index is 11.4. The van der Waals surface area contributed by atoms with Gasteiger partial charge >= 0.3 is 6.03 Å². The second-order valence-corrected chi connectivity index (χ2v) is 3.83. The number of carbonyl (C=O) groups is 1. The predicted molar refractivity (Wildman–Crippen MR) is 57.4 cm³/mol. The van der Waals surface area contributed by atoms with Crippen molar-refractivity contribution in [1.82, 2.24) is 15.1 Å². The van der Waals surface area contributed by atoms with Crippen LogP contribution in [-0.4, -0.2) is 55.6 Å². The Labute approximate surface area is 86.2 Å². The molecule has 1 aliphatic rings. The molecule has 0 unspecified atom stereocenters. The van der Waals surface area contributed by atoms with Crippen LogP contribution in [0.2, 0.25) is 0 Å². The monoisotopic (exact) mass is 199 g/mol. The molecular formula is C10H21N3O. The molecule has 0 bridgehead atoms. The van der Waals surface area contributed by atoms with Gasteiger partial charge in [-0.2, -0.15) is 0 Å². The molecule has 1 N–H and O–H groups in total. The maximum Gasteiger partial charge on any atom is 0.317 e. The van der Waals surface area contributed by atoms with E-state index in [1.165, 1.54) is 0 Å². The zero-order chi connectivity index (χ0) is 10.6. The molecule has 1 heterocycles. The largest absolute Gasteiger partial charge is 0.341 e. The predicted octanol–water partition coefficient (Wildman–Crippen LogP) is 0.742. The average molecular weight is 199 g/mol. The van der Waals surface area contributed by atoms with E-state index in [2.05, 4.69) is 17.1 Å². The minimum atomic E-state index is 0.0277. The summed E-state index contributed by atoms with van der Waals surface area (Å²) in [6, 6.07) is 0.442. The third kappa shape index (κ3) is 2.61. The van der Waals surface area contributed by atoms with Gasteiger partial charge in [-0.3, -0.25) is 0 Å². The highest BCUT2D eigenvalue weighted by molar-refractivity contribution is 5.73. The summed E-state index contributed by atoms with van der Waals surface area (Å²) in [5, 5.41) is 2.66. The van der Waals surface area contributed by atoms with Crippen LogP contribution in [-0.2, 0) is 0 Å². The van der Waals surface area contributed by atoms with Crippen molar-refractivity contribution in [3.8, 4) is 0 Å². The van der Waals surface area contributed by atoms with E-state index in [4.69, 9.17) is 0 Å². The Balaban J connectivity index is 2.37. The first-order valence-electron chi connectivity index (χ1n) is 5.36. The quantitative estimate of drug-likeness (QED) is 0.712. The van der Waals surface area contributed by atoms with Crippen LogP contribution in [0, 0.1) is 0 Å². The second kappa shape index (κ2) is 5.20. The number of hydrogen-bond donors (Lipinski definition) is 1. The third-order valence-corrected chi connectivity index (χ3v) is 3.09. The summed E-state index contributed by atoms with van der Waals surface area (Å²) < 4.78 is 0. The van der Waals surface area contributed by atoms with Gasteiger partial charge in [-0.15, -0.1) is 0 Å². The molecule has 0 saturated carbocycles. The number of nitrogens with one attached hydrogen (secondary N) is 1. The summed E-state index contributed by atoms with van der Waals surface area (Å²) in [6.07, 6.45) is 2.19. The van der Waals surface area contributed by atoms with Crippen molar-refractivity contribution in [3.05, 3.63) is 0 Å². The van der Waals surface area contributed by atoms with Crippen molar-refractivity contribution >= 4 is 6.03 Å². The number of amides is 2. The second-order valence-electron chi connectivity index (χ2n) is 3.83. The molecule has 1 fully saturated rings. The van der Waals surface area contributed by atoms with E-state index in [9.17, 15) is 4.79 Å². The van der Waals surface area contributed by atoms with Gasteiger partial charge in [0, 0.05) is 33.2 Å². The van der Waals surface area contributed by atoms with Gasteiger partial charge < -0.3 is 15.1 Å². The Hall–Kier alpha value is -0.770. The number of carbonyl (C=O) groups excluding carboxylic acids is 1. The molecule has 82 valence electrons. The third-order valence-electron chi connectivity index (χ3n) is 3.09. The molecule has 0 spiro atoms. The molecule has 0 aliphatic carbocycles. The number of likely N-dealkylation sites (tertiary alicyclic amines) is 1. The highest BCUT2D eigenvalue weighted by Gasteiger charge is 2.23. The fourth-order valence-electron chi connectivity index (χ4n) is 1.97. The molecule has 4 heteroatoms. The van der Waals surface area contributed by atoms with Crippen LogP contribution in [0.3, 0.4) is 0 Å². The fraction of sp³-hybridized carbons (Fsp3) is 0.900. The zero-order valence-corrected chi connectivity index (χ0v) is 9.42. The Bertz CT molecular complexity index is 188. The molecule has 0 aromatic carbocycles. The summed E-state index contributed by atoms with van der Waals surface area (Å²) >= 11 is 0. The molecule has 1 aliphatic heterocycles. The molecule has 14 heavy (non-hydrogen) atoms. The van der Waals surface area contributed by atoms with Crippen LogP contribution >= 0.6 is 0 Å². The minimum absolute atomic E-state index is 0.0277. The SMILES string of the molecule is CCN1CCC(N(C)C(=O)NC)CC1. The lowest BCUT2D eigenvalue weighted by atomic mass is 10.0. The number of urea groups is 1. The van der Waals surface area contributed by atoms with Crippen LogP contribution in [0.4, 0.5) is 4.79 Å². The normalized spacial score (nSPS) is 19.4. The molecule has 0 aromatic rings. The van der Waals surface area contributed by atoms with E-state index in [1.54, 1.807) is 7.05 Å². The van der Waals surface area contributed by atoms with Gasteiger partial charge in [0.1, 0.15) is 0 Å². The first kappa shape index (κ1) is 11.3. The molecule has 0 aromatic heterocycles. The number of nitrogens with zero attached hydrogens (tertiary/aromatic N) is 2. The number of rotatable bonds is 2. The standard InChI is InChI=1S/C10H21N3O/c1-4-13-7-5-9(6-8-13)12(3)10(14)11-2/h9H,4-8H2,1-3H3,(H,11,14). The Morgan fingerprint density at radius 3 is 2.50 bits per heavy atom. The van der Waals surface area contributed by atoms with Crippen molar-refractivity contribution in [3.63, 3.8) is 0 Å². The van der Waals surface area contributed by atoms with Crippen molar-refractivity contribution in [2.24, 2.45) is 0 Å². The highest BCUT2D eigenvalue weighted by Crippen LogP contribution is 2.14. The summed E-state index contributed by atoms with van der Waals surface area (Å²) in [5.74, 6) is 0. The topological polar surface area (TPSA) is 35.6 Å². The lowest BCUT2D eigenvalue weighted by Crippen LogP contribution is -2.48. The highest BCUT2D eigenvalue weighted by atomic mass is 16.2. The molecular weight excluding hydrogens is 178 g/mol. The summed E-state index contributed by atoms with van der Waals surface area (Å²) in [7, 11) is 3.56.